The van der Waals surface area contributed by atoms with Crippen LogP contribution in [0.3, 0.4) is 0 Å². The minimum absolute atomic E-state index is 0.0465. The number of unbranched alkanes of at least 4 members (excludes halogenated alkanes) is 2. The summed E-state index contributed by atoms with van der Waals surface area (Å²) in [6, 6.07) is 24.7. The van der Waals surface area contributed by atoms with E-state index < -0.39 is 0 Å². The van der Waals surface area contributed by atoms with Crippen LogP contribution in [0.15, 0.2) is 84.0 Å². The number of amides is 2. The van der Waals surface area contributed by atoms with Crippen LogP contribution in [0, 0.1) is 0 Å². The van der Waals surface area contributed by atoms with Crippen molar-refractivity contribution in [3.8, 4) is 16.9 Å². The molecule has 0 saturated heterocycles. The Morgan fingerprint density at radius 3 is 2.09 bits per heavy atom. The van der Waals surface area contributed by atoms with Gasteiger partial charge < -0.3 is 10.4 Å². The number of aromatic hydroxyl groups is 1. The van der Waals surface area contributed by atoms with Gasteiger partial charge in [0.2, 0.25) is 11.8 Å². The average Bonchev–Trinajstić information content (AvgIpc) is 2.81. The summed E-state index contributed by atoms with van der Waals surface area (Å²) in [6.45, 7) is 0. The van der Waals surface area contributed by atoms with Crippen LogP contribution < -0.4 is 10.7 Å². The van der Waals surface area contributed by atoms with Crippen LogP contribution in [-0.4, -0.2) is 23.1 Å². The first kappa shape index (κ1) is 22.7. The molecular weight excluding hydrogens is 402 g/mol. The zero-order valence-corrected chi connectivity index (χ0v) is 17.8. The van der Waals surface area contributed by atoms with Crippen LogP contribution in [0.1, 0.15) is 37.7 Å². The van der Waals surface area contributed by atoms with Gasteiger partial charge in [-0.25, -0.2) is 5.43 Å². The van der Waals surface area contributed by atoms with Crippen molar-refractivity contribution < 1.29 is 14.7 Å². The molecule has 0 atom stereocenters. The number of carbonyl (C=O) groups excluding carboxylic acids is 2. The molecule has 0 aliphatic carbocycles. The van der Waals surface area contributed by atoms with Gasteiger partial charge in [-0.2, -0.15) is 5.10 Å². The van der Waals surface area contributed by atoms with E-state index in [1.165, 1.54) is 6.07 Å². The highest BCUT2D eigenvalue weighted by molar-refractivity contribution is 5.92. The summed E-state index contributed by atoms with van der Waals surface area (Å²) in [5.74, 6) is -0.259. The van der Waals surface area contributed by atoms with E-state index >= 15 is 0 Å². The van der Waals surface area contributed by atoms with Gasteiger partial charge >= 0.3 is 0 Å². The molecule has 2 amide bonds. The SMILES string of the molecule is O=C(CCCCCC(=O)Nc1ccccc1O)N/N=C/c1ccc(-c2ccccc2)cc1. The zero-order valence-electron chi connectivity index (χ0n) is 17.8. The molecule has 0 unspecified atom stereocenters. The van der Waals surface area contributed by atoms with E-state index in [0.717, 1.165) is 23.1 Å². The molecule has 0 bridgehead atoms. The van der Waals surface area contributed by atoms with Crippen molar-refractivity contribution >= 4 is 23.7 Å². The lowest BCUT2D eigenvalue weighted by molar-refractivity contribution is -0.121. The fraction of sp³-hybridized carbons (Fsp3) is 0.192. The normalized spacial score (nSPS) is 10.8. The number of hydrogen-bond acceptors (Lipinski definition) is 4. The first-order valence-electron chi connectivity index (χ1n) is 10.7. The molecule has 3 aromatic rings. The van der Waals surface area contributed by atoms with Gasteiger partial charge in [0.1, 0.15) is 5.75 Å². The number of hydrogen-bond donors (Lipinski definition) is 3. The molecule has 0 saturated carbocycles. The fourth-order valence-electron chi connectivity index (χ4n) is 3.17. The summed E-state index contributed by atoms with van der Waals surface area (Å²) in [4.78, 5) is 23.8. The van der Waals surface area contributed by atoms with Gasteiger partial charge in [0, 0.05) is 12.8 Å². The number of carbonyl (C=O) groups is 2. The largest absolute Gasteiger partial charge is 0.506 e. The second kappa shape index (κ2) is 12.1. The smallest absolute Gasteiger partial charge is 0.240 e. The Balaban J connectivity index is 1.30. The topological polar surface area (TPSA) is 90.8 Å². The van der Waals surface area contributed by atoms with Gasteiger partial charge in [-0.1, -0.05) is 73.2 Å². The second-order valence-electron chi connectivity index (χ2n) is 7.41. The minimum Gasteiger partial charge on any atom is -0.506 e. The Bertz CT molecular complexity index is 1050. The van der Waals surface area contributed by atoms with Crippen molar-refractivity contribution in [2.24, 2.45) is 5.10 Å². The third-order valence-corrected chi connectivity index (χ3v) is 4.91. The summed E-state index contributed by atoms with van der Waals surface area (Å²) in [5.41, 5.74) is 6.13. The molecule has 3 aromatic carbocycles. The van der Waals surface area contributed by atoms with Gasteiger partial charge in [0.05, 0.1) is 11.9 Å². The molecule has 0 aliphatic heterocycles. The Kier molecular flexibility index (Phi) is 8.57. The summed E-state index contributed by atoms with van der Waals surface area (Å²) >= 11 is 0. The van der Waals surface area contributed by atoms with E-state index in [0.29, 0.717) is 31.4 Å². The van der Waals surface area contributed by atoms with E-state index in [9.17, 15) is 14.7 Å². The quantitative estimate of drug-likeness (QED) is 0.181. The average molecular weight is 430 g/mol. The van der Waals surface area contributed by atoms with Crippen LogP contribution in [0.2, 0.25) is 0 Å². The number of hydrazone groups is 1. The summed E-state index contributed by atoms with van der Waals surface area (Å²) < 4.78 is 0. The summed E-state index contributed by atoms with van der Waals surface area (Å²) in [5, 5.41) is 16.4. The van der Waals surface area contributed by atoms with Gasteiger partial charge in [-0.3, -0.25) is 9.59 Å². The van der Waals surface area contributed by atoms with Gasteiger partial charge in [0.25, 0.3) is 0 Å². The van der Waals surface area contributed by atoms with Crippen LogP contribution in [0.5, 0.6) is 5.75 Å². The number of phenolic OH excluding ortho intramolecular Hbond substituents is 1. The van der Waals surface area contributed by atoms with Crippen LogP contribution in [0.4, 0.5) is 5.69 Å². The Labute approximate surface area is 188 Å². The third-order valence-electron chi connectivity index (χ3n) is 4.91. The molecule has 0 heterocycles. The van der Waals surface area contributed by atoms with Crippen molar-refractivity contribution in [1.29, 1.82) is 0 Å². The van der Waals surface area contributed by atoms with Crippen molar-refractivity contribution in [3.05, 3.63) is 84.4 Å². The maximum absolute atomic E-state index is 11.9. The standard InChI is InChI=1S/C26H27N3O3/c30-24-12-8-7-11-23(24)28-25(31)13-5-2-6-14-26(32)29-27-19-20-15-17-22(18-16-20)21-9-3-1-4-10-21/h1,3-4,7-12,15-19,30H,2,5-6,13-14H2,(H,28,31)(H,29,32)/b27-19+. The summed E-state index contributed by atoms with van der Waals surface area (Å²) in [6.07, 6.45) is 4.42. The number of para-hydroxylation sites is 2. The van der Waals surface area contributed by atoms with Crippen molar-refractivity contribution in [2.45, 2.75) is 32.1 Å². The lowest BCUT2D eigenvalue weighted by atomic mass is 10.0. The van der Waals surface area contributed by atoms with E-state index in [1.807, 2.05) is 42.5 Å². The molecule has 164 valence electrons. The lowest BCUT2D eigenvalue weighted by Gasteiger charge is -2.06. The van der Waals surface area contributed by atoms with Gasteiger partial charge in [-0.15, -0.1) is 0 Å². The molecule has 0 aromatic heterocycles. The zero-order chi connectivity index (χ0) is 22.6. The molecule has 3 rings (SSSR count). The number of phenols is 1. The van der Waals surface area contributed by atoms with Crippen LogP contribution in [-0.2, 0) is 9.59 Å². The predicted molar refractivity (Wildman–Crippen MR) is 127 cm³/mol. The molecule has 32 heavy (non-hydrogen) atoms. The minimum atomic E-state index is -0.154. The van der Waals surface area contributed by atoms with Crippen molar-refractivity contribution in [2.75, 3.05) is 5.32 Å². The highest BCUT2D eigenvalue weighted by Gasteiger charge is 2.06. The van der Waals surface area contributed by atoms with Crippen molar-refractivity contribution in [1.82, 2.24) is 5.43 Å². The number of rotatable bonds is 10. The number of nitrogens with one attached hydrogen (secondary N) is 2. The van der Waals surface area contributed by atoms with Crippen LogP contribution >= 0.6 is 0 Å². The van der Waals surface area contributed by atoms with Crippen LogP contribution in [0.25, 0.3) is 11.1 Å². The molecule has 6 heteroatoms. The number of benzene rings is 3. The molecule has 0 radical (unpaired) electrons. The fourth-order valence-corrected chi connectivity index (χ4v) is 3.17. The van der Waals surface area contributed by atoms with E-state index in [4.69, 9.17) is 0 Å². The summed E-state index contributed by atoms with van der Waals surface area (Å²) in [7, 11) is 0. The molecule has 0 aliphatic rings. The van der Waals surface area contributed by atoms with E-state index in [1.54, 1.807) is 24.4 Å². The number of nitrogens with zero attached hydrogens (tertiary/aromatic N) is 1. The van der Waals surface area contributed by atoms with E-state index in [2.05, 4.69) is 28.0 Å². The lowest BCUT2D eigenvalue weighted by Crippen LogP contribution is -2.17. The Morgan fingerprint density at radius 2 is 1.38 bits per heavy atom. The molecular formula is C26H27N3O3. The first-order chi connectivity index (χ1) is 15.6. The molecule has 0 fully saturated rings. The van der Waals surface area contributed by atoms with Crippen molar-refractivity contribution in [3.63, 3.8) is 0 Å². The maximum Gasteiger partial charge on any atom is 0.240 e. The Hall–Kier alpha value is -3.93. The van der Waals surface area contributed by atoms with Gasteiger partial charge in [0.15, 0.2) is 0 Å². The second-order valence-corrected chi connectivity index (χ2v) is 7.41. The monoisotopic (exact) mass is 429 g/mol. The predicted octanol–water partition coefficient (Wildman–Crippen LogP) is 5.10. The molecule has 6 nitrogen and oxygen atoms in total. The highest BCUT2D eigenvalue weighted by atomic mass is 16.3. The van der Waals surface area contributed by atoms with E-state index in [-0.39, 0.29) is 17.6 Å². The molecule has 3 N–H and O–H groups in total. The maximum atomic E-state index is 11.9. The Morgan fingerprint density at radius 1 is 0.750 bits per heavy atom. The molecule has 0 spiro atoms. The first-order valence-corrected chi connectivity index (χ1v) is 10.7. The number of anilines is 1. The highest BCUT2D eigenvalue weighted by Crippen LogP contribution is 2.22. The van der Waals surface area contributed by atoms with Gasteiger partial charge in [-0.05, 0) is 41.7 Å². The third kappa shape index (κ3) is 7.40.